The van der Waals surface area contributed by atoms with E-state index in [0.29, 0.717) is 6.61 Å². The van der Waals surface area contributed by atoms with Gasteiger partial charge in [0.15, 0.2) is 0 Å². The number of hydrogen-bond acceptors (Lipinski definition) is 2. The average Bonchev–Trinajstić information content (AvgIpc) is 2.17. The summed E-state index contributed by atoms with van der Waals surface area (Å²) in [4.78, 5) is 2.48. The molecule has 0 aromatic carbocycles. The molecule has 0 amide bonds. The van der Waals surface area contributed by atoms with E-state index in [0.717, 1.165) is 12.5 Å². The molecule has 0 aromatic rings. The zero-order valence-electron chi connectivity index (χ0n) is 9.92. The van der Waals surface area contributed by atoms with Crippen LogP contribution in [0.4, 0.5) is 0 Å². The Bertz CT molecular complexity index is 168. The molecule has 0 radical (unpaired) electrons. The highest BCUT2D eigenvalue weighted by atomic mass is 16.3. The van der Waals surface area contributed by atoms with E-state index in [2.05, 4.69) is 25.8 Å². The van der Waals surface area contributed by atoms with Gasteiger partial charge in [-0.1, -0.05) is 20.3 Å². The highest BCUT2D eigenvalue weighted by Gasteiger charge is 2.23. The third-order valence-electron chi connectivity index (χ3n) is 3.50. The summed E-state index contributed by atoms with van der Waals surface area (Å²) in [6, 6.07) is 0.759. The largest absolute Gasteiger partial charge is 0.396 e. The molecule has 1 fully saturated rings. The number of aliphatic hydroxyl groups excluding tert-OH is 1. The van der Waals surface area contributed by atoms with Gasteiger partial charge in [-0.2, -0.15) is 0 Å². The summed E-state index contributed by atoms with van der Waals surface area (Å²) >= 11 is 0. The van der Waals surface area contributed by atoms with Crippen LogP contribution < -0.4 is 0 Å². The molecule has 1 aliphatic heterocycles. The molecule has 84 valence electrons. The Morgan fingerprint density at radius 1 is 1.36 bits per heavy atom. The Morgan fingerprint density at radius 3 is 2.64 bits per heavy atom. The second kappa shape index (κ2) is 5.13. The number of aliphatic hydroxyl groups is 1. The van der Waals surface area contributed by atoms with Crippen molar-refractivity contribution in [3.05, 3.63) is 0 Å². The highest BCUT2D eigenvalue weighted by molar-refractivity contribution is 4.77. The first kappa shape index (κ1) is 12.0. The predicted octanol–water partition coefficient (Wildman–Crippen LogP) is 2.27. The smallest absolute Gasteiger partial charge is 0.0482 e. The van der Waals surface area contributed by atoms with Gasteiger partial charge >= 0.3 is 0 Å². The fraction of sp³-hybridized carbons (Fsp3) is 1.00. The van der Waals surface area contributed by atoms with Gasteiger partial charge in [0.05, 0.1) is 0 Å². The molecule has 2 nitrogen and oxygen atoms in total. The van der Waals surface area contributed by atoms with Gasteiger partial charge in [0.25, 0.3) is 0 Å². The number of piperidine rings is 1. The van der Waals surface area contributed by atoms with E-state index < -0.39 is 0 Å². The fourth-order valence-corrected chi connectivity index (χ4v) is 2.15. The van der Waals surface area contributed by atoms with Crippen LogP contribution in [-0.2, 0) is 0 Å². The maximum atomic E-state index is 9.18. The van der Waals surface area contributed by atoms with Crippen molar-refractivity contribution in [2.75, 3.05) is 20.2 Å². The average molecular weight is 199 g/mol. The van der Waals surface area contributed by atoms with Crippen LogP contribution in [0, 0.1) is 5.41 Å². The molecule has 1 aliphatic rings. The quantitative estimate of drug-likeness (QED) is 0.751. The van der Waals surface area contributed by atoms with Gasteiger partial charge in [-0.3, -0.25) is 0 Å². The van der Waals surface area contributed by atoms with Crippen LogP contribution in [0.1, 0.15) is 46.0 Å². The maximum Gasteiger partial charge on any atom is 0.0482 e. The molecule has 2 heteroatoms. The van der Waals surface area contributed by atoms with E-state index >= 15 is 0 Å². The molecule has 0 bridgehead atoms. The van der Waals surface area contributed by atoms with Crippen molar-refractivity contribution in [1.29, 1.82) is 0 Å². The Labute approximate surface area is 88.3 Å². The zero-order valence-corrected chi connectivity index (χ0v) is 9.92. The molecule has 0 aromatic heterocycles. The molecule has 1 atom stereocenters. The van der Waals surface area contributed by atoms with Crippen LogP contribution >= 0.6 is 0 Å². The highest BCUT2D eigenvalue weighted by Crippen LogP contribution is 2.26. The van der Waals surface area contributed by atoms with Gasteiger partial charge in [0, 0.05) is 12.6 Å². The molecule has 0 spiro atoms. The normalized spacial score (nSPS) is 25.3. The standard InChI is InChI=1S/C12H25NO/c1-12(2,10-14)8-7-11-6-4-5-9-13(11)3/h11,14H,4-10H2,1-3H3. The van der Waals surface area contributed by atoms with E-state index in [1.54, 1.807) is 0 Å². The summed E-state index contributed by atoms with van der Waals surface area (Å²) in [5, 5.41) is 9.18. The first-order valence-corrected chi connectivity index (χ1v) is 5.86. The molecule has 1 heterocycles. The van der Waals surface area contributed by atoms with E-state index in [9.17, 15) is 5.11 Å². The summed E-state index contributed by atoms with van der Waals surface area (Å²) in [7, 11) is 2.23. The van der Waals surface area contributed by atoms with Gasteiger partial charge in [0.1, 0.15) is 0 Å². The van der Waals surface area contributed by atoms with Gasteiger partial charge in [-0.15, -0.1) is 0 Å². The second-order valence-electron chi connectivity index (χ2n) is 5.49. The molecule has 0 saturated carbocycles. The minimum Gasteiger partial charge on any atom is -0.396 e. The lowest BCUT2D eigenvalue weighted by molar-refractivity contribution is 0.117. The van der Waals surface area contributed by atoms with Crippen molar-refractivity contribution in [3.8, 4) is 0 Å². The molecular weight excluding hydrogens is 174 g/mol. The summed E-state index contributed by atoms with van der Waals surface area (Å²) in [5.74, 6) is 0. The van der Waals surface area contributed by atoms with Gasteiger partial charge < -0.3 is 10.0 Å². The molecule has 14 heavy (non-hydrogen) atoms. The minimum absolute atomic E-state index is 0.109. The summed E-state index contributed by atoms with van der Waals surface area (Å²) < 4.78 is 0. The number of rotatable bonds is 4. The van der Waals surface area contributed by atoms with Crippen molar-refractivity contribution >= 4 is 0 Å². The zero-order chi connectivity index (χ0) is 10.6. The van der Waals surface area contributed by atoms with Crippen LogP contribution in [0.15, 0.2) is 0 Å². The van der Waals surface area contributed by atoms with E-state index in [4.69, 9.17) is 0 Å². The van der Waals surface area contributed by atoms with Gasteiger partial charge in [0.2, 0.25) is 0 Å². The van der Waals surface area contributed by atoms with Gasteiger partial charge in [-0.25, -0.2) is 0 Å². The van der Waals surface area contributed by atoms with Crippen molar-refractivity contribution in [2.45, 2.75) is 52.0 Å². The summed E-state index contributed by atoms with van der Waals surface area (Å²) in [5.41, 5.74) is 0.109. The predicted molar refractivity (Wildman–Crippen MR) is 60.4 cm³/mol. The lowest BCUT2D eigenvalue weighted by Gasteiger charge is -2.34. The van der Waals surface area contributed by atoms with Crippen molar-refractivity contribution in [2.24, 2.45) is 5.41 Å². The molecule has 1 saturated heterocycles. The molecule has 1 N–H and O–H groups in total. The second-order valence-corrected chi connectivity index (χ2v) is 5.49. The van der Waals surface area contributed by atoms with Crippen LogP contribution in [0.5, 0.6) is 0 Å². The first-order chi connectivity index (χ1) is 6.55. The third kappa shape index (κ3) is 3.58. The van der Waals surface area contributed by atoms with E-state index in [1.807, 2.05) is 0 Å². The first-order valence-electron chi connectivity index (χ1n) is 5.86. The van der Waals surface area contributed by atoms with Crippen LogP contribution in [-0.4, -0.2) is 36.2 Å². The lowest BCUT2D eigenvalue weighted by Crippen LogP contribution is -2.37. The third-order valence-corrected chi connectivity index (χ3v) is 3.50. The summed E-state index contributed by atoms with van der Waals surface area (Å²) in [6.07, 6.45) is 6.46. The SMILES string of the molecule is CN1CCCCC1CCC(C)(C)CO. The monoisotopic (exact) mass is 199 g/mol. The Hall–Kier alpha value is -0.0800. The molecule has 1 unspecified atom stereocenters. The summed E-state index contributed by atoms with van der Waals surface area (Å²) in [6.45, 7) is 5.86. The molecule has 1 rings (SSSR count). The number of likely N-dealkylation sites (tertiary alicyclic amines) is 1. The Kier molecular flexibility index (Phi) is 4.39. The van der Waals surface area contributed by atoms with Crippen molar-refractivity contribution in [3.63, 3.8) is 0 Å². The van der Waals surface area contributed by atoms with Gasteiger partial charge in [-0.05, 0) is 44.7 Å². The fourth-order valence-electron chi connectivity index (χ4n) is 2.15. The maximum absolute atomic E-state index is 9.18. The van der Waals surface area contributed by atoms with Crippen LogP contribution in [0.2, 0.25) is 0 Å². The van der Waals surface area contributed by atoms with Crippen LogP contribution in [0.25, 0.3) is 0 Å². The molecular formula is C12H25NO. The minimum atomic E-state index is 0.109. The Morgan fingerprint density at radius 2 is 2.07 bits per heavy atom. The van der Waals surface area contributed by atoms with E-state index in [1.165, 1.54) is 32.2 Å². The Balaban J connectivity index is 2.29. The van der Waals surface area contributed by atoms with E-state index in [-0.39, 0.29) is 5.41 Å². The lowest BCUT2D eigenvalue weighted by atomic mass is 9.85. The number of nitrogens with zero attached hydrogens (tertiary/aromatic N) is 1. The molecule has 0 aliphatic carbocycles. The van der Waals surface area contributed by atoms with Crippen LogP contribution in [0.3, 0.4) is 0 Å². The van der Waals surface area contributed by atoms with Crippen molar-refractivity contribution in [1.82, 2.24) is 4.90 Å². The topological polar surface area (TPSA) is 23.5 Å². The number of hydrogen-bond donors (Lipinski definition) is 1. The van der Waals surface area contributed by atoms with Crippen molar-refractivity contribution < 1.29 is 5.11 Å².